The zero-order chi connectivity index (χ0) is 28.9. The van der Waals surface area contributed by atoms with E-state index < -0.39 is 11.7 Å². The highest BCUT2D eigenvalue weighted by atomic mass is 32.2. The van der Waals surface area contributed by atoms with Gasteiger partial charge in [-0.25, -0.2) is 9.97 Å². The average molecular weight is 568 g/mol. The van der Waals surface area contributed by atoms with Crippen molar-refractivity contribution in [1.82, 2.24) is 14.5 Å². The van der Waals surface area contributed by atoms with Crippen LogP contribution in [0.4, 0.5) is 13.2 Å². The number of benzene rings is 3. The summed E-state index contributed by atoms with van der Waals surface area (Å²) in [6, 6.07) is 26.0. The van der Waals surface area contributed by atoms with Crippen molar-refractivity contribution in [2.24, 2.45) is 0 Å². The van der Waals surface area contributed by atoms with Crippen molar-refractivity contribution in [2.45, 2.75) is 49.2 Å². The molecule has 3 nitrogen and oxygen atoms in total. The number of hydrogen-bond donors (Lipinski definition) is 0. The SMILES string of the molecule is Cc1ccc2c(c1)c1ccc(-c3cc(Sc4cc(C(C)(C)C)ccn4)cc(C(F)(F)F)c3)cc1n2-c1ccccn1. The van der Waals surface area contributed by atoms with Crippen LogP contribution in [0.3, 0.4) is 0 Å². The van der Waals surface area contributed by atoms with Crippen molar-refractivity contribution in [3.8, 4) is 16.9 Å². The molecule has 0 aliphatic heterocycles. The molecule has 0 saturated heterocycles. The van der Waals surface area contributed by atoms with Crippen molar-refractivity contribution in [2.75, 3.05) is 0 Å². The molecular weight excluding hydrogens is 539 g/mol. The van der Waals surface area contributed by atoms with E-state index in [9.17, 15) is 13.2 Å². The third-order valence-corrected chi connectivity index (χ3v) is 8.09. The van der Waals surface area contributed by atoms with E-state index in [-0.39, 0.29) is 5.41 Å². The Morgan fingerprint density at radius 1 is 0.683 bits per heavy atom. The maximum absolute atomic E-state index is 14.1. The summed E-state index contributed by atoms with van der Waals surface area (Å²) in [5.74, 6) is 0.749. The summed E-state index contributed by atoms with van der Waals surface area (Å²) >= 11 is 1.24. The minimum Gasteiger partial charge on any atom is -0.294 e. The lowest BCUT2D eigenvalue weighted by Gasteiger charge is -2.19. The highest BCUT2D eigenvalue weighted by Gasteiger charge is 2.31. The fourth-order valence-electron chi connectivity index (χ4n) is 5.09. The lowest BCUT2D eigenvalue weighted by Crippen LogP contribution is -2.11. The van der Waals surface area contributed by atoms with Gasteiger partial charge in [0, 0.05) is 28.1 Å². The number of rotatable bonds is 4. The molecule has 0 amide bonds. The van der Waals surface area contributed by atoms with Crippen molar-refractivity contribution < 1.29 is 13.2 Å². The van der Waals surface area contributed by atoms with Crippen LogP contribution >= 0.6 is 11.8 Å². The Kier molecular flexibility index (Phi) is 6.65. The third-order valence-electron chi connectivity index (χ3n) is 7.19. The highest BCUT2D eigenvalue weighted by molar-refractivity contribution is 7.99. The van der Waals surface area contributed by atoms with E-state index in [0.29, 0.717) is 21.0 Å². The van der Waals surface area contributed by atoms with Crippen molar-refractivity contribution in [3.63, 3.8) is 0 Å². The van der Waals surface area contributed by atoms with Crippen molar-refractivity contribution >= 4 is 33.6 Å². The molecule has 3 aromatic heterocycles. The van der Waals surface area contributed by atoms with E-state index in [1.54, 1.807) is 12.4 Å². The summed E-state index contributed by atoms with van der Waals surface area (Å²) in [6.45, 7) is 8.34. The Balaban J connectivity index is 1.52. The number of nitrogens with zero attached hydrogens (tertiary/aromatic N) is 3. The predicted molar refractivity (Wildman–Crippen MR) is 161 cm³/mol. The first kappa shape index (κ1) is 27.1. The number of pyridine rings is 2. The number of alkyl halides is 3. The molecule has 0 saturated carbocycles. The summed E-state index contributed by atoms with van der Waals surface area (Å²) in [4.78, 5) is 9.49. The number of aromatic nitrogens is 3. The first-order valence-corrected chi connectivity index (χ1v) is 14.1. The van der Waals surface area contributed by atoms with Gasteiger partial charge < -0.3 is 0 Å². The van der Waals surface area contributed by atoms with E-state index in [1.807, 2.05) is 61.5 Å². The van der Waals surface area contributed by atoms with Gasteiger partial charge in [-0.3, -0.25) is 4.57 Å². The summed E-state index contributed by atoms with van der Waals surface area (Å²) in [6.07, 6.45) is -1.04. The molecule has 3 aromatic carbocycles. The maximum Gasteiger partial charge on any atom is 0.416 e. The lowest BCUT2D eigenvalue weighted by atomic mass is 9.88. The van der Waals surface area contributed by atoms with E-state index in [0.717, 1.165) is 38.8 Å². The van der Waals surface area contributed by atoms with Gasteiger partial charge in [0.1, 0.15) is 10.8 Å². The van der Waals surface area contributed by atoms with Gasteiger partial charge in [0.15, 0.2) is 0 Å². The first-order valence-electron chi connectivity index (χ1n) is 13.3. The Morgan fingerprint density at radius 3 is 2.24 bits per heavy atom. The fraction of sp³-hybridized carbons (Fsp3) is 0.176. The van der Waals surface area contributed by atoms with Crippen LogP contribution in [0.5, 0.6) is 0 Å². The third kappa shape index (κ3) is 5.34. The minimum absolute atomic E-state index is 0.1000. The smallest absolute Gasteiger partial charge is 0.294 e. The second kappa shape index (κ2) is 10.1. The summed E-state index contributed by atoms with van der Waals surface area (Å²) < 4.78 is 44.4. The first-order chi connectivity index (χ1) is 19.5. The van der Waals surface area contributed by atoms with Crippen LogP contribution in [0.25, 0.3) is 38.8 Å². The fourth-order valence-corrected chi connectivity index (χ4v) is 6.00. The summed E-state index contributed by atoms with van der Waals surface area (Å²) in [7, 11) is 0. The Hall–Kier alpha value is -4.10. The molecule has 41 heavy (non-hydrogen) atoms. The largest absolute Gasteiger partial charge is 0.416 e. The standard InChI is InChI=1S/C34H28F3N3S/c1-21-8-11-29-28(15-21)27-10-9-22(18-30(27)40(29)31-7-5-6-13-38-31)23-16-25(34(35,36)37)19-26(17-23)41-32-20-24(12-14-39-32)33(2,3)4/h5-20H,1-4H3. The van der Waals surface area contributed by atoms with Crippen LogP contribution in [0.15, 0.2) is 107 Å². The van der Waals surface area contributed by atoms with Gasteiger partial charge in [-0.1, -0.05) is 62.4 Å². The minimum atomic E-state index is -4.49. The molecule has 0 unspecified atom stereocenters. The van der Waals surface area contributed by atoms with Gasteiger partial charge in [0.05, 0.1) is 16.6 Å². The molecule has 0 aliphatic rings. The molecule has 3 heterocycles. The lowest BCUT2D eigenvalue weighted by molar-refractivity contribution is -0.137. The molecule has 0 radical (unpaired) electrons. The highest BCUT2D eigenvalue weighted by Crippen LogP contribution is 2.40. The van der Waals surface area contributed by atoms with Gasteiger partial charge in [-0.2, -0.15) is 13.2 Å². The molecule has 7 heteroatoms. The Bertz CT molecular complexity index is 1900. The second-order valence-corrected chi connectivity index (χ2v) is 12.3. The number of fused-ring (bicyclic) bond motifs is 3. The molecule has 0 N–H and O–H groups in total. The maximum atomic E-state index is 14.1. The van der Waals surface area contributed by atoms with E-state index in [4.69, 9.17) is 0 Å². The summed E-state index contributed by atoms with van der Waals surface area (Å²) in [5, 5.41) is 2.74. The second-order valence-electron chi connectivity index (χ2n) is 11.3. The molecular formula is C34H28F3N3S. The molecule has 0 fully saturated rings. The van der Waals surface area contributed by atoms with Crippen LogP contribution in [0.2, 0.25) is 0 Å². The molecule has 0 atom stereocenters. The van der Waals surface area contributed by atoms with Crippen LogP contribution < -0.4 is 0 Å². The van der Waals surface area contributed by atoms with Crippen LogP contribution in [-0.4, -0.2) is 14.5 Å². The average Bonchev–Trinajstić information content (AvgIpc) is 3.25. The number of halogens is 3. The molecule has 6 rings (SSSR count). The molecule has 0 aliphatic carbocycles. The zero-order valence-corrected chi connectivity index (χ0v) is 23.9. The van der Waals surface area contributed by atoms with E-state index in [1.165, 1.54) is 23.9 Å². The molecule has 0 spiro atoms. The monoisotopic (exact) mass is 567 g/mol. The van der Waals surface area contributed by atoms with Gasteiger partial charge >= 0.3 is 6.18 Å². The normalized spacial score (nSPS) is 12.4. The summed E-state index contributed by atoms with van der Waals surface area (Å²) in [5.41, 5.74) is 4.47. The number of aryl methyl sites for hydroxylation is 1. The van der Waals surface area contributed by atoms with E-state index in [2.05, 4.69) is 53.5 Å². The van der Waals surface area contributed by atoms with Crippen LogP contribution in [0.1, 0.15) is 37.5 Å². The van der Waals surface area contributed by atoms with Crippen LogP contribution in [-0.2, 0) is 11.6 Å². The van der Waals surface area contributed by atoms with Gasteiger partial charge in [-0.15, -0.1) is 0 Å². The number of hydrogen-bond acceptors (Lipinski definition) is 3. The predicted octanol–water partition coefficient (Wildman–Crippen LogP) is 10.0. The van der Waals surface area contributed by atoms with E-state index >= 15 is 0 Å². The Morgan fingerprint density at radius 2 is 1.51 bits per heavy atom. The Labute approximate surface area is 241 Å². The molecule has 206 valence electrons. The zero-order valence-electron chi connectivity index (χ0n) is 23.1. The molecule has 6 aromatic rings. The van der Waals surface area contributed by atoms with Crippen molar-refractivity contribution in [1.29, 1.82) is 0 Å². The van der Waals surface area contributed by atoms with Crippen LogP contribution in [0, 0.1) is 6.92 Å². The topological polar surface area (TPSA) is 30.7 Å². The van der Waals surface area contributed by atoms with Gasteiger partial charge in [0.25, 0.3) is 0 Å². The van der Waals surface area contributed by atoms with Gasteiger partial charge in [0.2, 0.25) is 0 Å². The quantitative estimate of drug-likeness (QED) is 0.212. The van der Waals surface area contributed by atoms with Gasteiger partial charge in [-0.05, 0) is 89.7 Å². The molecule has 0 bridgehead atoms. The van der Waals surface area contributed by atoms with Crippen molar-refractivity contribution in [3.05, 3.63) is 114 Å².